The fourth-order valence-corrected chi connectivity index (χ4v) is 1.06. The van der Waals surface area contributed by atoms with Crippen LogP contribution in [0, 0.1) is 11.3 Å². The monoisotopic (exact) mass is 141 g/mol. The number of hydrogen-bond acceptors (Lipinski definition) is 2. The topological polar surface area (TPSA) is 36.9 Å². The summed E-state index contributed by atoms with van der Waals surface area (Å²) in [4.78, 5) is 0. The maximum absolute atomic E-state index is 8.61. The van der Waals surface area contributed by atoms with E-state index in [-0.39, 0.29) is 0 Å². The molecule has 0 amide bonds. The second kappa shape index (κ2) is 2.24. The quantitative estimate of drug-likeness (QED) is 0.559. The molecule has 0 saturated heterocycles. The predicted molar refractivity (Wildman–Crippen MR) is 42.3 cm³/mol. The van der Waals surface area contributed by atoms with Crippen LogP contribution >= 0.6 is 0 Å². The van der Waals surface area contributed by atoms with Gasteiger partial charge in [0.25, 0.3) is 0 Å². The van der Waals surface area contributed by atoms with Gasteiger partial charge in [-0.2, -0.15) is 0 Å². The fraction of sp³-hybridized carbons (Fsp3) is 0. The van der Waals surface area contributed by atoms with Crippen LogP contribution in [0.4, 0.5) is 0 Å². The second-order valence-electron chi connectivity index (χ2n) is 2.26. The van der Waals surface area contributed by atoms with Crippen molar-refractivity contribution in [3.63, 3.8) is 0 Å². The van der Waals surface area contributed by atoms with Gasteiger partial charge in [-0.3, -0.25) is 0 Å². The van der Waals surface area contributed by atoms with Crippen molar-refractivity contribution >= 4 is 18.1 Å². The zero-order valence-corrected chi connectivity index (χ0v) is 5.74. The maximum atomic E-state index is 8.61. The molecule has 50 valence electrons. The van der Waals surface area contributed by atoms with E-state index in [9.17, 15) is 0 Å². The summed E-state index contributed by atoms with van der Waals surface area (Å²) in [6.45, 7) is 0. The van der Waals surface area contributed by atoms with Gasteiger partial charge >= 0.3 is 63.5 Å². The molecule has 0 unspecified atom stereocenters. The van der Waals surface area contributed by atoms with E-state index in [4.69, 9.17) is 9.59 Å². The molecule has 0 atom stereocenters. The van der Waals surface area contributed by atoms with Gasteiger partial charge < -0.3 is 0 Å². The first-order valence-corrected chi connectivity index (χ1v) is 3.28. The van der Waals surface area contributed by atoms with Gasteiger partial charge in [0.1, 0.15) is 0 Å². The van der Waals surface area contributed by atoms with Crippen LogP contribution in [0.3, 0.4) is 0 Å². The third kappa shape index (κ3) is 0.839. The number of rotatable bonds is 0. The van der Waals surface area contributed by atoms with E-state index >= 15 is 0 Å². The van der Waals surface area contributed by atoms with Crippen molar-refractivity contribution in [2.75, 3.05) is 0 Å². The molecule has 2 nitrogen and oxygen atoms in total. The molecule has 0 aliphatic carbocycles. The van der Waals surface area contributed by atoms with Crippen LogP contribution in [0.25, 0.3) is 11.0 Å². The molecule has 0 aliphatic rings. The first-order chi connectivity index (χ1) is 5.42. The zero-order chi connectivity index (χ0) is 7.68. The van der Waals surface area contributed by atoms with Crippen molar-refractivity contribution in [2.45, 2.75) is 0 Å². The summed E-state index contributed by atoms with van der Waals surface area (Å²) in [5.41, 5.74) is 1.37. The van der Waals surface area contributed by atoms with Crippen LogP contribution in [0.15, 0.2) is 28.6 Å². The number of nitrogens with zero attached hydrogens (tertiary/aromatic N) is 1. The summed E-state index contributed by atoms with van der Waals surface area (Å²) in [6, 6.07) is 9.54. The standard InChI is InChI=1S/C8H4BNO/c10-5-7-6-3-1-2-4-8(6)11-9-7/h1-4H. The minimum absolute atomic E-state index is 0.598. The van der Waals surface area contributed by atoms with Gasteiger partial charge in [0.05, 0.1) is 0 Å². The van der Waals surface area contributed by atoms with Crippen LogP contribution in [-0.4, -0.2) is 7.13 Å². The molecule has 0 bridgehead atoms. The number of fused-ring (bicyclic) bond motifs is 1. The molecule has 2 aromatic rings. The molecule has 3 heteroatoms. The first-order valence-electron chi connectivity index (χ1n) is 3.28. The number of nitriles is 1. The SMILES string of the molecule is N#Cc1boc2ccccc12. The molecule has 1 aromatic heterocycles. The van der Waals surface area contributed by atoms with E-state index in [0.29, 0.717) is 5.46 Å². The van der Waals surface area contributed by atoms with E-state index < -0.39 is 0 Å². The molecule has 0 saturated carbocycles. The Morgan fingerprint density at radius 3 is 3.00 bits per heavy atom. The summed E-state index contributed by atoms with van der Waals surface area (Å²) in [5, 5.41) is 9.50. The van der Waals surface area contributed by atoms with Crippen molar-refractivity contribution in [3.8, 4) is 6.07 Å². The van der Waals surface area contributed by atoms with Crippen molar-refractivity contribution < 1.29 is 4.33 Å². The van der Waals surface area contributed by atoms with Gasteiger partial charge in [0, 0.05) is 0 Å². The number of para-hydroxylation sites is 1. The molecular formula is C8H4BNO. The average Bonchev–Trinajstić information content (AvgIpc) is 2.47. The van der Waals surface area contributed by atoms with Crippen molar-refractivity contribution in [1.29, 1.82) is 5.26 Å². The Hall–Kier alpha value is -1.56. The summed E-state index contributed by atoms with van der Waals surface area (Å²) in [6.07, 6.45) is 0. The first kappa shape index (κ1) is 6.17. The van der Waals surface area contributed by atoms with Crippen LogP contribution in [0.5, 0.6) is 0 Å². The van der Waals surface area contributed by atoms with Gasteiger partial charge in [-0.05, 0) is 0 Å². The van der Waals surface area contributed by atoms with E-state index in [1.165, 1.54) is 7.13 Å². The van der Waals surface area contributed by atoms with Crippen molar-refractivity contribution in [2.24, 2.45) is 0 Å². The number of benzene rings is 1. The molecule has 1 heterocycles. The average molecular weight is 141 g/mol. The molecule has 1 aromatic carbocycles. The second-order valence-corrected chi connectivity index (χ2v) is 2.26. The van der Waals surface area contributed by atoms with Gasteiger partial charge in [-0.1, -0.05) is 0 Å². The van der Waals surface area contributed by atoms with Crippen LogP contribution in [-0.2, 0) is 0 Å². The third-order valence-corrected chi connectivity index (χ3v) is 1.60. The summed E-state index contributed by atoms with van der Waals surface area (Å²) >= 11 is 0. The Morgan fingerprint density at radius 1 is 1.36 bits per heavy atom. The summed E-state index contributed by atoms with van der Waals surface area (Å²) in [7, 11) is 1.48. The van der Waals surface area contributed by atoms with Gasteiger partial charge in [0.2, 0.25) is 0 Å². The van der Waals surface area contributed by atoms with Crippen LogP contribution < -0.4 is 0 Å². The molecule has 0 spiro atoms. The van der Waals surface area contributed by atoms with E-state index in [2.05, 4.69) is 6.07 Å². The van der Waals surface area contributed by atoms with Gasteiger partial charge in [-0.15, -0.1) is 0 Å². The molecule has 11 heavy (non-hydrogen) atoms. The van der Waals surface area contributed by atoms with E-state index in [1.807, 2.05) is 24.3 Å². The summed E-state index contributed by atoms with van der Waals surface area (Å²) in [5.74, 6) is 0. The van der Waals surface area contributed by atoms with Crippen molar-refractivity contribution in [1.82, 2.24) is 0 Å². The Morgan fingerprint density at radius 2 is 2.18 bits per heavy atom. The van der Waals surface area contributed by atoms with Gasteiger partial charge in [0.15, 0.2) is 0 Å². The third-order valence-electron chi connectivity index (χ3n) is 1.60. The Kier molecular flexibility index (Phi) is 1.26. The molecular weight excluding hydrogens is 137 g/mol. The Balaban J connectivity index is 2.89. The summed E-state index contributed by atoms with van der Waals surface area (Å²) < 4.78 is 5.12. The molecule has 0 radical (unpaired) electrons. The number of hydrogen-bond donors (Lipinski definition) is 0. The Bertz CT molecular complexity index is 427. The minimum atomic E-state index is 0.598. The predicted octanol–water partition coefficient (Wildman–Crippen LogP) is 1.64. The molecule has 0 fully saturated rings. The van der Waals surface area contributed by atoms with Crippen LogP contribution in [0.1, 0.15) is 5.46 Å². The van der Waals surface area contributed by atoms with Crippen LogP contribution in [0.2, 0.25) is 0 Å². The molecule has 0 N–H and O–H groups in total. The van der Waals surface area contributed by atoms with Crippen molar-refractivity contribution in [3.05, 3.63) is 29.7 Å². The Labute approximate surface area is 64.3 Å². The van der Waals surface area contributed by atoms with E-state index in [1.54, 1.807) is 0 Å². The normalized spacial score (nSPS) is 9.36. The van der Waals surface area contributed by atoms with E-state index in [0.717, 1.165) is 11.0 Å². The molecule has 2 rings (SSSR count). The molecule has 0 aliphatic heterocycles. The zero-order valence-electron chi connectivity index (χ0n) is 5.74. The van der Waals surface area contributed by atoms with Gasteiger partial charge in [-0.25, -0.2) is 0 Å². The fourth-order valence-electron chi connectivity index (χ4n) is 1.06.